The molecule has 5 nitrogen and oxygen atoms in total. The smallest absolute Gasteiger partial charge is 0.262 e. The van der Waals surface area contributed by atoms with Gasteiger partial charge in [0, 0.05) is 17.8 Å². The van der Waals surface area contributed by atoms with Crippen LogP contribution in [0.3, 0.4) is 0 Å². The normalized spacial score (nSPS) is 13.0. The van der Waals surface area contributed by atoms with Crippen LogP contribution in [0, 0.1) is 0 Å². The van der Waals surface area contributed by atoms with Crippen molar-refractivity contribution in [3.05, 3.63) is 47.5 Å². The number of benzene rings is 2. The Balaban J connectivity index is 1.59. The monoisotopic (exact) mass is 332 g/mol. The van der Waals surface area contributed by atoms with Crippen LogP contribution < -0.4 is 19.7 Å². The second kappa shape index (κ2) is 6.79. The van der Waals surface area contributed by atoms with Gasteiger partial charge in [0.05, 0.1) is 12.2 Å². The second-order valence-electron chi connectivity index (χ2n) is 5.24. The van der Waals surface area contributed by atoms with Crippen LogP contribution in [0.2, 0.25) is 5.02 Å². The lowest BCUT2D eigenvalue weighted by Gasteiger charge is -2.28. The van der Waals surface area contributed by atoms with E-state index in [2.05, 4.69) is 10.2 Å². The molecule has 1 amide bonds. The Bertz CT molecular complexity index is 703. The van der Waals surface area contributed by atoms with E-state index >= 15 is 0 Å². The summed E-state index contributed by atoms with van der Waals surface area (Å²) in [4.78, 5) is 14.1. The summed E-state index contributed by atoms with van der Waals surface area (Å²) in [6.07, 6.45) is 0. The number of nitrogens with one attached hydrogen (secondary N) is 1. The van der Waals surface area contributed by atoms with Crippen molar-refractivity contribution in [3.8, 4) is 11.5 Å². The Morgan fingerprint density at radius 3 is 2.87 bits per heavy atom. The third kappa shape index (κ3) is 3.87. The van der Waals surface area contributed by atoms with E-state index in [1.807, 2.05) is 25.2 Å². The Labute approximate surface area is 139 Å². The van der Waals surface area contributed by atoms with Gasteiger partial charge in [-0.1, -0.05) is 11.6 Å². The van der Waals surface area contributed by atoms with Crippen LogP contribution >= 0.6 is 11.6 Å². The molecule has 0 spiro atoms. The molecular weight excluding hydrogens is 316 g/mol. The lowest BCUT2D eigenvalue weighted by atomic mass is 10.2. The van der Waals surface area contributed by atoms with Crippen LogP contribution in [0.5, 0.6) is 11.5 Å². The highest BCUT2D eigenvalue weighted by Crippen LogP contribution is 2.33. The number of likely N-dealkylation sites (N-methyl/N-ethyl adjacent to an activating group) is 1. The zero-order chi connectivity index (χ0) is 16.2. The first-order valence-electron chi connectivity index (χ1n) is 7.28. The number of halogens is 1. The maximum Gasteiger partial charge on any atom is 0.262 e. The summed E-state index contributed by atoms with van der Waals surface area (Å²) in [6, 6.07) is 12.5. The highest BCUT2D eigenvalue weighted by Gasteiger charge is 2.15. The van der Waals surface area contributed by atoms with E-state index in [9.17, 15) is 4.79 Å². The first-order chi connectivity index (χ1) is 11.1. The van der Waals surface area contributed by atoms with Gasteiger partial charge >= 0.3 is 0 Å². The Morgan fingerprint density at radius 2 is 2.09 bits per heavy atom. The standard InChI is InChI=1S/C17H17ClN2O3/c1-20-8-9-22-16-7-4-13(10-15(16)20)19-17(21)11-23-14-5-2-12(18)3-6-14/h2-7,10H,8-9,11H2,1H3,(H,19,21). The second-order valence-corrected chi connectivity index (χ2v) is 5.68. The third-order valence-electron chi connectivity index (χ3n) is 3.52. The molecule has 1 aliphatic heterocycles. The minimum Gasteiger partial charge on any atom is -0.490 e. The van der Waals surface area contributed by atoms with E-state index in [0.29, 0.717) is 23.1 Å². The van der Waals surface area contributed by atoms with Crippen molar-refractivity contribution in [2.45, 2.75) is 0 Å². The van der Waals surface area contributed by atoms with Crippen LogP contribution in [-0.4, -0.2) is 32.7 Å². The Kier molecular flexibility index (Phi) is 4.57. The predicted molar refractivity (Wildman–Crippen MR) is 90.8 cm³/mol. The molecule has 6 heteroatoms. The zero-order valence-corrected chi connectivity index (χ0v) is 13.5. The molecule has 1 N–H and O–H groups in total. The molecular formula is C17H17ClN2O3. The van der Waals surface area contributed by atoms with E-state index in [1.165, 1.54) is 0 Å². The van der Waals surface area contributed by atoms with Crippen molar-refractivity contribution >= 4 is 28.9 Å². The first kappa shape index (κ1) is 15.5. The number of fused-ring (bicyclic) bond motifs is 1. The van der Waals surface area contributed by atoms with E-state index in [0.717, 1.165) is 18.0 Å². The van der Waals surface area contributed by atoms with Crippen LogP contribution in [-0.2, 0) is 4.79 Å². The SMILES string of the molecule is CN1CCOc2ccc(NC(=O)COc3ccc(Cl)cc3)cc21. The summed E-state index contributed by atoms with van der Waals surface area (Å²) in [6.45, 7) is 1.43. The van der Waals surface area contributed by atoms with Gasteiger partial charge in [0.25, 0.3) is 5.91 Å². The van der Waals surface area contributed by atoms with Gasteiger partial charge in [-0.3, -0.25) is 4.79 Å². The number of hydrogen-bond donors (Lipinski definition) is 1. The van der Waals surface area contributed by atoms with Crippen molar-refractivity contribution in [2.24, 2.45) is 0 Å². The van der Waals surface area contributed by atoms with Gasteiger partial charge < -0.3 is 19.7 Å². The molecule has 2 aromatic rings. The number of hydrogen-bond acceptors (Lipinski definition) is 4. The minimum absolute atomic E-state index is 0.0644. The van der Waals surface area contributed by atoms with E-state index in [4.69, 9.17) is 21.1 Å². The fourth-order valence-electron chi connectivity index (χ4n) is 2.31. The third-order valence-corrected chi connectivity index (χ3v) is 3.77. The van der Waals surface area contributed by atoms with Crippen LogP contribution in [0.25, 0.3) is 0 Å². The highest BCUT2D eigenvalue weighted by molar-refractivity contribution is 6.30. The predicted octanol–water partition coefficient (Wildman–Crippen LogP) is 3.19. The van der Waals surface area contributed by atoms with Crippen molar-refractivity contribution < 1.29 is 14.3 Å². The van der Waals surface area contributed by atoms with Crippen LogP contribution in [0.4, 0.5) is 11.4 Å². The minimum atomic E-state index is -0.223. The van der Waals surface area contributed by atoms with Crippen molar-refractivity contribution in [1.82, 2.24) is 0 Å². The van der Waals surface area contributed by atoms with Crippen molar-refractivity contribution in [1.29, 1.82) is 0 Å². The Hall–Kier alpha value is -2.40. The van der Waals surface area contributed by atoms with E-state index < -0.39 is 0 Å². The highest BCUT2D eigenvalue weighted by atomic mass is 35.5. The molecule has 0 atom stereocenters. The molecule has 3 rings (SSSR count). The molecule has 0 saturated heterocycles. The van der Waals surface area contributed by atoms with Crippen LogP contribution in [0.15, 0.2) is 42.5 Å². The molecule has 0 bridgehead atoms. The molecule has 23 heavy (non-hydrogen) atoms. The number of nitrogens with zero attached hydrogens (tertiary/aromatic N) is 1. The molecule has 2 aromatic carbocycles. The van der Waals surface area contributed by atoms with Gasteiger partial charge in [0.15, 0.2) is 6.61 Å². The lowest BCUT2D eigenvalue weighted by molar-refractivity contribution is -0.118. The molecule has 1 heterocycles. The molecule has 1 aliphatic rings. The van der Waals surface area contributed by atoms with Gasteiger partial charge in [-0.2, -0.15) is 0 Å². The maximum atomic E-state index is 12.0. The quantitative estimate of drug-likeness (QED) is 0.934. The van der Waals surface area contributed by atoms with Gasteiger partial charge in [-0.05, 0) is 42.5 Å². The van der Waals surface area contributed by atoms with Crippen molar-refractivity contribution in [2.75, 3.05) is 37.0 Å². The molecule has 0 unspecified atom stereocenters. The lowest BCUT2D eigenvalue weighted by Crippen LogP contribution is -2.29. The fourth-order valence-corrected chi connectivity index (χ4v) is 2.43. The number of carbonyl (C=O) groups excluding carboxylic acids is 1. The summed E-state index contributed by atoms with van der Waals surface area (Å²) in [5.41, 5.74) is 1.68. The number of anilines is 2. The Morgan fingerprint density at radius 1 is 1.30 bits per heavy atom. The number of amides is 1. The summed E-state index contributed by atoms with van der Waals surface area (Å²) >= 11 is 5.80. The van der Waals surface area contributed by atoms with Crippen LogP contribution in [0.1, 0.15) is 0 Å². The van der Waals surface area contributed by atoms with Gasteiger partial charge in [-0.25, -0.2) is 0 Å². The number of ether oxygens (including phenoxy) is 2. The van der Waals surface area contributed by atoms with Gasteiger partial charge in [-0.15, -0.1) is 0 Å². The summed E-state index contributed by atoms with van der Waals surface area (Å²) in [5, 5.41) is 3.45. The number of carbonyl (C=O) groups is 1. The van der Waals surface area contributed by atoms with E-state index in [1.54, 1.807) is 24.3 Å². The molecule has 0 radical (unpaired) electrons. The summed E-state index contributed by atoms with van der Waals surface area (Å²) < 4.78 is 11.0. The topological polar surface area (TPSA) is 50.8 Å². The van der Waals surface area contributed by atoms with Gasteiger partial charge in [0.2, 0.25) is 0 Å². The molecule has 0 aromatic heterocycles. The van der Waals surface area contributed by atoms with E-state index in [-0.39, 0.29) is 12.5 Å². The van der Waals surface area contributed by atoms with Crippen molar-refractivity contribution in [3.63, 3.8) is 0 Å². The molecule has 0 saturated carbocycles. The average Bonchev–Trinajstić information content (AvgIpc) is 2.55. The zero-order valence-electron chi connectivity index (χ0n) is 12.7. The largest absolute Gasteiger partial charge is 0.490 e. The summed E-state index contributed by atoms with van der Waals surface area (Å²) in [5.74, 6) is 1.21. The maximum absolute atomic E-state index is 12.0. The average molecular weight is 333 g/mol. The molecule has 0 aliphatic carbocycles. The summed E-state index contributed by atoms with van der Waals surface area (Å²) in [7, 11) is 2.00. The first-order valence-corrected chi connectivity index (χ1v) is 7.66. The molecule has 120 valence electrons. The fraction of sp³-hybridized carbons (Fsp3) is 0.235. The number of rotatable bonds is 4. The van der Waals surface area contributed by atoms with Gasteiger partial charge in [0.1, 0.15) is 18.1 Å². The molecule has 0 fully saturated rings.